The molecule has 3 heterocycles. The van der Waals surface area contributed by atoms with Crippen LogP contribution in [0, 0.1) is 0 Å². The smallest absolute Gasteiger partial charge is 0.253 e. The van der Waals surface area contributed by atoms with Gasteiger partial charge >= 0.3 is 0 Å². The molecule has 3 aromatic heterocycles. The third-order valence-electron chi connectivity index (χ3n) is 4.26. The molecule has 1 amide bonds. The van der Waals surface area contributed by atoms with Crippen LogP contribution in [0.15, 0.2) is 54.0 Å². The van der Waals surface area contributed by atoms with E-state index in [1.165, 1.54) is 21.4 Å². The van der Waals surface area contributed by atoms with Crippen molar-refractivity contribution in [1.29, 1.82) is 0 Å². The fourth-order valence-corrected chi connectivity index (χ4v) is 3.38. The third-order valence-corrected chi connectivity index (χ3v) is 5.03. The Bertz CT molecular complexity index is 1070. The SMILES string of the molecule is CN(CCc1ccccc1)C(=O)c1cc(N)n2nc(-c3nccs3)nc2c1. The number of likely N-dealkylation sites (N-methyl/N-ethyl adjacent to an activating group) is 1. The van der Waals surface area contributed by atoms with Crippen LogP contribution in [0.25, 0.3) is 16.5 Å². The minimum atomic E-state index is -0.0982. The summed E-state index contributed by atoms with van der Waals surface area (Å²) in [7, 11) is 1.79. The number of hydrogen-bond donors (Lipinski definition) is 1. The number of anilines is 1. The molecule has 0 aliphatic carbocycles. The molecule has 4 aromatic rings. The number of fused-ring (bicyclic) bond motifs is 1. The summed E-state index contributed by atoms with van der Waals surface area (Å²) in [6.45, 7) is 0.616. The first-order valence-electron chi connectivity index (χ1n) is 8.47. The van der Waals surface area contributed by atoms with E-state index in [1.54, 1.807) is 30.3 Å². The first kappa shape index (κ1) is 17.2. The van der Waals surface area contributed by atoms with E-state index in [-0.39, 0.29) is 5.91 Å². The Morgan fingerprint density at radius 1 is 1.26 bits per heavy atom. The lowest BCUT2D eigenvalue weighted by Crippen LogP contribution is -2.29. The van der Waals surface area contributed by atoms with Crippen LogP contribution in [-0.4, -0.2) is 44.0 Å². The number of benzene rings is 1. The van der Waals surface area contributed by atoms with E-state index in [2.05, 4.69) is 27.2 Å². The van der Waals surface area contributed by atoms with E-state index >= 15 is 0 Å². The van der Waals surface area contributed by atoms with Crippen LogP contribution in [0.5, 0.6) is 0 Å². The first-order valence-corrected chi connectivity index (χ1v) is 9.35. The molecular formula is C19H18N6OS. The zero-order valence-electron chi connectivity index (χ0n) is 14.7. The number of amides is 1. The molecule has 0 saturated carbocycles. The molecule has 0 saturated heterocycles. The number of nitrogens with two attached hydrogens (primary N) is 1. The van der Waals surface area contributed by atoms with Crippen molar-refractivity contribution in [2.75, 3.05) is 19.3 Å². The summed E-state index contributed by atoms with van der Waals surface area (Å²) >= 11 is 1.45. The quantitative estimate of drug-likeness (QED) is 0.577. The molecule has 0 unspecified atom stereocenters. The maximum Gasteiger partial charge on any atom is 0.253 e. The highest BCUT2D eigenvalue weighted by Gasteiger charge is 2.17. The summed E-state index contributed by atoms with van der Waals surface area (Å²) in [5, 5.41) is 6.96. The van der Waals surface area contributed by atoms with Gasteiger partial charge in [0.15, 0.2) is 10.7 Å². The van der Waals surface area contributed by atoms with Crippen molar-refractivity contribution in [3.63, 3.8) is 0 Å². The average molecular weight is 378 g/mol. The van der Waals surface area contributed by atoms with Crippen LogP contribution in [0.2, 0.25) is 0 Å². The zero-order chi connectivity index (χ0) is 18.8. The molecule has 2 N–H and O–H groups in total. The largest absolute Gasteiger partial charge is 0.384 e. The first-order chi connectivity index (χ1) is 13.1. The van der Waals surface area contributed by atoms with Crippen molar-refractivity contribution in [2.24, 2.45) is 0 Å². The van der Waals surface area contributed by atoms with Gasteiger partial charge in [-0.15, -0.1) is 16.4 Å². The number of aromatic nitrogens is 4. The van der Waals surface area contributed by atoms with Gasteiger partial charge in [0, 0.05) is 30.7 Å². The molecule has 7 nitrogen and oxygen atoms in total. The summed E-state index contributed by atoms with van der Waals surface area (Å²) in [4.78, 5) is 23.2. The predicted octanol–water partition coefficient (Wildman–Crippen LogP) is 2.75. The standard InChI is InChI=1S/C19H18N6OS/c1-24(9-7-13-5-3-2-4-6-13)19(26)14-11-15(20)25-16(12-14)22-17(23-25)18-21-8-10-27-18/h2-6,8,10-12H,7,9,20H2,1H3. The van der Waals surface area contributed by atoms with Gasteiger partial charge in [-0.2, -0.15) is 4.52 Å². The average Bonchev–Trinajstić information content (AvgIpc) is 3.35. The van der Waals surface area contributed by atoms with Gasteiger partial charge < -0.3 is 10.6 Å². The zero-order valence-corrected chi connectivity index (χ0v) is 15.6. The van der Waals surface area contributed by atoms with Gasteiger partial charge in [0.05, 0.1) is 0 Å². The molecule has 0 aliphatic rings. The van der Waals surface area contributed by atoms with Crippen LogP contribution in [0.3, 0.4) is 0 Å². The Kier molecular flexibility index (Phi) is 4.55. The van der Waals surface area contributed by atoms with E-state index in [0.29, 0.717) is 34.4 Å². The minimum absolute atomic E-state index is 0.0982. The molecule has 8 heteroatoms. The molecule has 4 rings (SSSR count). The van der Waals surface area contributed by atoms with Gasteiger partial charge in [-0.3, -0.25) is 4.79 Å². The van der Waals surface area contributed by atoms with Gasteiger partial charge in [0.1, 0.15) is 5.82 Å². The van der Waals surface area contributed by atoms with Gasteiger partial charge in [0.2, 0.25) is 5.82 Å². The lowest BCUT2D eigenvalue weighted by molar-refractivity contribution is 0.0796. The van der Waals surface area contributed by atoms with E-state index in [4.69, 9.17) is 5.73 Å². The number of pyridine rings is 1. The number of rotatable bonds is 5. The molecule has 0 atom stereocenters. The Balaban J connectivity index is 1.56. The summed E-state index contributed by atoms with van der Waals surface area (Å²) in [5.41, 5.74) is 8.31. The Labute approximate surface area is 160 Å². The molecule has 0 spiro atoms. The molecule has 0 bridgehead atoms. The van der Waals surface area contributed by atoms with Crippen molar-refractivity contribution >= 4 is 28.7 Å². The van der Waals surface area contributed by atoms with Crippen molar-refractivity contribution in [3.05, 3.63) is 65.2 Å². The molecule has 136 valence electrons. The van der Waals surface area contributed by atoms with E-state index in [1.807, 2.05) is 23.6 Å². The lowest BCUT2D eigenvalue weighted by Gasteiger charge is -2.17. The van der Waals surface area contributed by atoms with E-state index < -0.39 is 0 Å². The molecule has 27 heavy (non-hydrogen) atoms. The van der Waals surface area contributed by atoms with Crippen LogP contribution < -0.4 is 5.73 Å². The lowest BCUT2D eigenvalue weighted by atomic mass is 10.1. The molecule has 0 aliphatic heterocycles. The fraction of sp³-hybridized carbons (Fsp3) is 0.158. The minimum Gasteiger partial charge on any atom is -0.384 e. The summed E-state index contributed by atoms with van der Waals surface area (Å²) in [6, 6.07) is 13.4. The predicted molar refractivity (Wildman–Crippen MR) is 106 cm³/mol. The Morgan fingerprint density at radius 3 is 2.81 bits per heavy atom. The highest BCUT2D eigenvalue weighted by molar-refractivity contribution is 7.13. The number of thiazole rings is 1. The highest BCUT2D eigenvalue weighted by Crippen LogP contribution is 2.21. The van der Waals surface area contributed by atoms with Crippen LogP contribution >= 0.6 is 11.3 Å². The van der Waals surface area contributed by atoms with Crippen LogP contribution in [-0.2, 0) is 6.42 Å². The molecule has 0 radical (unpaired) electrons. The number of nitrogen functional groups attached to an aromatic ring is 1. The second-order valence-corrected chi connectivity index (χ2v) is 7.07. The number of nitrogens with zero attached hydrogens (tertiary/aromatic N) is 5. The number of hydrogen-bond acceptors (Lipinski definition) is 6. The molecule has 0 fully saturated rings. The summed E-state index contributed by atoms with van der Waals surface area (Å²) in [5.74, 6) is 0.764. The number of carbonyl (C=O) groups is 1. The van der Waals surface area contributed by atoms with Gasteiger partial charge in [-0.25, -0.2) is 9.97 Å². The van der Waals surface area contributed by atoms with Crippen molar-refractivity contribution in [1.82, 2.24) is 24.5 Å². The van der Waals surface area contributed by atoms with Crippen molar-refractivity contribution in [2.45, 2.75) is 6.42 Å². The fourth-order valence-electron chi connectivity index (χ4n) is 2.82. The topological polar surface area (TPSA) is 89.4 Å². The summed E-state index contributed by atoms with van der Waals surface area (Å²) in [6.07, 6.45) is 2.49. The summed E-state index contributed by atoms with van der Waals surface area (Å²) < 4.78 is 1.53. The second-order valence-electron chi connectivity index (χ2n) is 6.17. The van der Waals surface area contributed by atoms with Crippen molar-refractivity contribution in [3.8, 4) is 10.8 Å². The van der Waals surface area contributed by atoms with Crippen LogP contribution in [0.4, 0.5) is 5.82 Å². The Morgan fingerprint density at radius 2 is 2.07 bits per heavy atom. The van der Waals surface area contributed by atoms with E-state index in [0.717, 1.165) is 6.42 Å². The maximum atomic E-state index is 12.8. The van der Waals surface area contributed by atoms with Gasteiger partial charge in [-0.05, 0) is 24.1 Å². The normalized spacial score (nSPS) is 11.0. The Hall–Kier alpha value is -3.26. The second kappa shape index (κ2) is 7.16. The third kappa shape index (κ3) is 3.52. The van der Waals surface area contributed by atoms with Crippen molar-refractivity contribution < 1.29 is 4.79 Å². The van der Waals surface area contributed by atoms with Gasteiger partial charge in [0.25, 0.3) is 5.91 Å². The van der Waals surface area contributed by atoms with Crippen LogP contribution in [0.1, 0.15) is 15.9 Å². The maximum absolute atomic E-state index is 12.8. The monoisotopic (exact) mass is 378 g/mol. The molecular weight excluding hydrogens is 360 g/mol. The van der Waals surface area contributed by atoms with E-state index in [9.17, 15) is 4.79 Å². The molecule has 1 aromatic carbocycles. The highest BCUT2D eigenvalue weighted by atomic mass is 32.1. The number of carbonyl (C=O) groups excluding carboxylic acids is 1. The van der Waals surface area contributed by atoms with Gasteiger partial charge in [-0.1, -0.05) is 30.3 Å².